The van der Waals surface area contributed by atoms with Crippen LogP contribution in [0.1, 0.15) is 43.2 Å². The van der Waals surface area contributed by atoms with E-state index in [9.17, 15) is 30.7 Å². The minimum atomic E-state index is -4.97. The van der Waals surface area contributed by atoms with E-state index >= 15 is 0 Å². The fourth-order valence-corrected chi connectivity index (χ4v) is 4.32. The van der Waals surface area contributed by atoms with Gasteiger partial charge in [0.15, 0.2) is 5.82 Å². The van der Waals surface area contributed by atoms with Crippen LogP contribution in [0.5, 0.6) is 0 Å². The van der Waals surface area contributed by atoms with Crippen LogP contribution < -0.4 is 0 Å². The van der Waals surface area contributed by atoms with Gasteiger partial charge in [-0.3, -0.25) is 4.68 Å². The number of halogens is 7. The van der Waals surface area contributed by atoms with E-state index < -0.39 is 45.9 Å². The molecule has 0 radical (unpaired) electrons. The van der Waals surface area contributed by atoms with Gasteiger partial charge in [0.05, 0.1) is 22.3 Å². The van der Waals surface area contributed by atoms with Gasteiger partial charge in [0.1, 0.15) is 17.0 Å². The highest BCUT2D eigenvalue weighted by Gasteiger charge is 2.38. The molecule has 2 aromatic heterocycles. The average Bonchev–Trinajstić information content (AvgIpc) is 3.25. The molecule has 4 aromatic rings. The summed E-state index contributed by atoms with van der Waals surface area (Å²) in [4.78, 5) is 6.93. The molecule has 2 aromatic carbocycles. The summed E-state index contributed by atoms with van der Waals surface area (Å²) >= 11 is 0. The topological polar surface area (TPSA) is 46.5 Å². The fourth-order valence-electron chi connectivity index (χ4n) is 4.32. The monoisotopic (exact) mass is 498 g/mol. The van der Waals surface area contributed by atoms with E-state index in [0.717, 1.165) is 18.2 Å². The van der Waals surface area contributed by atoms with Gasteiger partial charge >= 0.3 is 12.4 Å². The molecule has 2 heterocycles. The largest absolute Gasteiger partial charge is 0.418 e. The number of fused-ring (bicyclic) bond motifs is 1. The molecule has 4 nitrogen and oxygen atoms in total. The maximum atomic E-state index is 14.6. The quantitative estimate of drug-likeness (QED) is 0.293. The first-order valence-electron chi connectivity index (χ1n) is 10.5. The van der Waals surface area contributed by atoms with Gasteiger partial charge in [0.2, 0.25) is 0 Å². The molecule has 0 aliphatic carbocycles. The molecule has 0 aliphatic rings. The molecule has 0 fully saturated rings. The first-order valence-corrected chi connectivity index (χ1v) is 10.5. The molecule has 0 unspecified atom stereocenters. The van der Waals surface area contributed by atoms with Crippen molar-refractivity contribution in [2.45, 2.75) is 45.5 Å². The SMILES string of the molecule is Cc1c(C(C)(C)C)nn(C)c1-c1nc2c(C(F)(F)F)cc(-c3c(F)cccc3C(F)(F)F)cc2[nH]1. The summed E-state index contributed by atoms with van der Waals surface area (Å²) in [6, 6.07) is 3.80. The summed E-state index contributed by atoms with van der Waals surface area (Å²) < 4.78 is 98.7. The number of benzene rings is 2. The van der Waals surface area contributed by atoms with E-state index in [-0.39, 0.29) is 16.8 Å². The molecule has 0 atom stereocenters. The highest BCUT2D eigenvalue weighted by molar-refractivity contribution is 5.88. The van der Waals surface area contributed by atoms with Gasteiger partial charge in [0.25, 0.3) is 0 Å². The maximum Gasteiger partial charge on any atom is 0.418 e. The Bertz CT molecular complexity index is 1430. The number of aromatic nitrogens is 4. The van der Waals surface area contributed by atoms with Crippen molar-refractivity contribution in [3.05, 3.63) is 58.5 Å². The van der Waals surface area contributed by atoms with Crippen LogP contribution >= 0.6 is 0 Å². The third-order valence-electron chi connectivity index (χ3n) is 5.72. The Morgan fingerprint density at radius 3 is 2.09 bits per heavy atom. The van der Waals surface area contributed by atoms with Crippen molar-refractivity contribution in [3.63, 3.8) is 0 Å². The Labute approximate surface area is 195 Å². The Morgan fingerprint density at radius 1 is 0.914 bits per heavy atom. The van der Waals surface area contributed by atoms with Crippen molar-refractivity contribution in [1.29, 1.82) is 0 Å². The lowest BCUT2D eigenvalue weighted by atomic mass is 9.89. The zero-order valence-corrected chi connectivity index (χ0v) is 19.4. The van der Waals surface area contributed by atoms with Crippen LogP contribution in [-0.4, -0.2) is 19.7 Å². The van der Waals surface area contributed by atoms with E-state index in [1.807, 2.05) is 20.8 Å². The van der Waals surface area contributed by atoms with Crippen LogP contribution in [0.15, 0.2) is 30.3 Å². The van der Waals surface area contributed by atoms with Crippen LogP contribution in [-0.2, 0) is 24.8 Å². The van der Waals surface area contributed by atoms with E-state index in [1.165, 1.54) is 4.68 Å². The number of imidazole rings is 1. The van der Waals surface area contributed by atoms with E-state index in [4.69, 9.17) is 0 Å². The second-order valence-corrected chi connectivity index (χ2v) is 9.36. The number of alkyl halides is 6. The smallest absolute Gasteiger partial charge is 0.337 e. The van der Waals surface area contributed by atoms with Crippen LogP contribution in [0, 0.1) is 12.7 Å². The first-order chi connectivity index (χ1) is 16.0. The number of hydrogen-bond donors (Lipinski definition) is 1. The highest BCUT2D eigenvalue weighted by Crippen LogP contribution is 2.43. The van der Waals surface area contributed by atoms with Gasteiger partial charge in [-0.25, -0.2) is 9.37 Å². The molecule has 4 rings (SSSR count). The number of rotatable bonds is 2. The van der Waals surface area contributed by atoms with Crippen molar-refractivity contribution in [2.24, 2.45) is 7.05 Å². The fraction of sp³-hybridized carbons (Fsp3) is 0.333. The zero-order valence-electron chi connectivity index (χ0n) is 19.4. The van der Waals surface area contributed by atoms with Crippen molar-refractivity contribution in [2.75, 3.05) is 0 Å². The van der Waals surface area contributed by atoms with Crippen LogP contribution in [0.4, 0.5) is 30.7 Å². The molecule has 186 valence electrons. The normalized spacial score (nSPS) is 13.1. The number of nitrogens with zero attached hydrogens (tertiary/aromatic N) is 3. The lowest BCUT2D eigenvalue weighted by Gasteiger charge is -2.16. The average molecular weight is 498 g/mol. The lowest BCUT2D eigenvalue weighted by molar-refractivity contribution is -0.137. The summed E-state index contributed by atoms with van der Waals surface area (Å²) in [7, 11) is 1.62. The number of hydrogen-bond acceptors (Lipinski definition) is 2. The summed E-state index contributed by atoms with van der Waals surface area (Å²) in [5, 5.41) is 4.47. The molecule has 1 N–H and O–H groups in total. The van der Waals surface area contributed by atoms with E-state index in [1.54, 1.807) is 14.0 Å². The number of aromatic amines is 1. The number of H-pyrrole nitrogens is 1. The molecule has 0 bridgehead atoms. The standard InChI is InChI=1S/C24H21F7N4/c1-11-19(35(5)34-20(11)22(2,3)4)21-32-16-10-12(9-14(18(16)33-21)24(29,30)31)17-13(23(26,27)28)7-6-8-15(17)25/h6-10H,1-5H3,(H,32,33). The molecule has 0 saturated heterocycles. The number of aryl methyl sites for hydroxylation is 1. The Kier molecular flexibility index (Phi) is 5.53. The summed E-state index contributed by atoms with van der Waals surface area (Å²) in [5.41, 5.74) is -3.36. The Morgan fingerprint density at radius 2 is 1.54 bits per heavy atom. The molecular formula is C24H21F7N4. The molecule has 0 spiro atoms. The second-order valence-electron chi connectivity index (χ2n) is 9.36. The molecule has 11 heteroatoms. The van der Waals surface area contributed by atoms with Crippen molar-refractivity contribution in [1.82, 2.24) is 19.7 Å². The third kappa shape index (κ3) is 4.28. The third-order valence-corrected chi connectivity index (χ3v) is 5.72. The van der Waals surface area contributed by atoms with Crippen molar-refractivity contribution in [3.8, 4) is 22.6 Å². The van der Waals surface area contributed by atoms with Crippen LogP contribution in [0.3, 0.4) is 0 Å². The zero-order chi connectivity index (χ0) is 26.1. The Balaban J connectivity index is 2.03. The molecule has 0 amide bonds. The summed E-state index contributed by atoms with van der Waals surface area (Å²) in [5.74, 6) is -1.22. The van der Waals surface area contributed by atoms with Crippen LogP contribution in [0.2, 0.25) is 0 Å². The van der Waals surface area contributed by atoms with E-state index in [0.29, 0.717) is 29.1 Å². The van der Waals surface area contributed by atoms with Gasteiger partial charge in [-0.1, -0.05) is 26.8 Å². The first kappa shape index (κ1) is 24.7. The lowest BCUT2D eigenvalue weighted by Crippen LogP contribution is -2.13. The molecule has 35 heavy (non-hydrogen) atoms. The van der Waals surface area contributed by atoms with Gasteiger partial charge < -0.3 is 4.98 Å². The van der Waals surface area contributed by atoms with Gasteiger partial charge in [0, 0.05) is 23.6 Å². The highest BCUT2D eigenvalue weighted by atomic mass is 19.4. The van der Waals surface area contributed by atoms with Crippen molar-refractivity contribution < 1.29 is 30.7 Å². The van der Waals surface area contributed by atoms with Gasteiger partial charge in [-0.2, -0.15) is 31.4 Å². The van der Waals surface area contributed by atoms with Crippen LogP contribution in [0.25, 0.3) is 33.7 Å². The van der Waals surface area contributed by atoms with E-state index in [2.05, 4.69) is 15.1 Å². The molecule has 0 aliphatic heterocycles. The summed E-state index contributed by atoms with van der Waals surface area (Å²) in [6.07, 6.45) is -9.93. The predicted octanol–water partition coefficient (Wildman–Crippen LogP) is 7.41. The van der Waals surface area contributed by atoms with Crippen molar-refractivity contribution >= 4 is 11.0 Å². The summed E-state index contributed by atoms with van der Waals surface area (Å²) in [6.45, 7) is 7.57. The minimum Gasteiger partial charge on any atom is -0.337 e. The predicted molar refractivity (Wildman–Crippen MR) is 117 cm³/mol. The minimum absolute atomic E-state index is 0.0650. The van der Waals surface area contributed by atoms with Gasteiger partial charge in [-0.15, -0.1) is 0 Å². The number of nitrogens with one attached hydrogen (secondary N) is 1. The Hall–Kier alpha value is -3.37. The second kappa shape index (κ2) is 7.82. The maximum absolute atomic E-state index is 14.6. The molecular weight excluding hydrogens is 477 g/mol. The van der Waals surface area contributed by atoms with Gasteiger partial charge in [-0.05, 0) is 36.8 Å². The molecule has 0 saturated carbocycles.